The first-order valence-electron chi connectivity index (χ1n) is 5.91. The molecule has 2 rings (SSSR count). The van der Waals surface area contributed by atoms with Gasteiger partial charge < -0.3 is 10.1 Å². The van der Waals surface area contributed by atoms with E-state index < -0.39 is 0 Å². The highest BCUT2D eigenvalue weighted by Gasteiger charge is 2.34. The van der Waals surface area contributed by atoms with Crippen molar-refractivity contribution >= 4 is 11.3 Å². The van der Waals surface area contributed by atoms with E-state index in [0.29, 0.717) is 12.0 Å². The Hall–Kier alpha value is -0.450. The number of ether oxygens (including phenoxy) is 1. The summed E-state index contributed by atoms with van der Waals surface area (Å²) in [5, 5.41) is 4.55. The van der Waals surface area contributed by atoms with Crippen molar-refractivity contribution in [3.63, 3.8) is 0 Å². The van der Waals surface area contributed by atoms with Crippen LogP contribution in [-0.4, -0.2) is 18.1 Å². The van der Waals surface area contributed by atoms with Crippen LogP contribution >= 0.6 is 11.3 Å². The minimum Gasteiger partial charge on any atom is -0.374 e. The lowest BCUT2D eigenvalue weighted by Gasteiger charge is -2.10. The Kier molecular flexibility index (Phi) is 3.95. The Balaban J connectivity index is 1.95. The second-order valence-electron chi connectivity index (χ2n) is 4.69. The summed E-state index contributed by atoms with van der Waals surface area (Å²) in [4.78, 5) is 5.78. The molecule has 4 heteroatoms. The highest BCUT2D eigenvalue weighted by molar-refractivity contribution is 7.11. The zero-order chi connectivity index (χ0) is 11.5. The van der Waals surface area contributed by atoms with Gasteiger partial charge in [-0.15, -0.1) is 11.3 Å². The van der Waals surface area contributed by atoms with E-state index in [1.807, 2.05) is 6.20 Å². The van der Waals surface area contributed by atoms with Gasteiger partial charge >= 0.3 is 0 Å². The van der Waals surface area contributed by atoms with Gasteiger partial charge in [-0.3, -0.25) is 0 Å². The maximum atomic E-state index is 5.53. The van der Waals surface area contributed by atoms with Gasteiger partial charge in [0.1, 0.15) is 11.1 Å². The van der Waals surface area contributed by atoms with E-state index in [4.69, 9.17) is 4.74 Å². The van der Waals surface area contributed by atoms with Gasteiger partial charge in [0, 0.05) is 30.8 Å². The van der Waals surface area contributed by atoms with Crippen LogP contribution in [0.15, 0.2) is 6.20 Å². The molecule has 1 aliphatic rings. The molecule has 1 saturated carbocycles. The number of hydrogen-bond acceptors (Lipinski definition) is 4. The summed E-state index contributed by atoms with van der Waals surface area (Å²) >= 11 is 1.78. The monoisotopic (exact) mass is 240 g/mol. The molecule has 0 bridgehead atoms. The Morgan fingerprint density at radius 3 is 2.88 bits per heavy atom. The summed E-state index contributed by atoms with van der Waals surface area (Å²) in [5.74, 6) is 0.710. The summed E-state index contributed by atoms with van der Waals surface area (Å²) in [6.07, 6.45) is 4.79. The molecule has 3 nitrogen and oxygen atoms in total. The smallest absolute Gasteiger partial charge is 0.122 e. The van der Waals surface area contributed by atoms with Gasteiger partial charge in [0.2, 0.25) is 0 Å². The van der Waals surface area contributed by atoms with E-state index in [2.05, 4.69) is 24.1 Å². The summed E-state index contributed by atoms with van der Waals surface area (Å²) in [6.45, 7) is 5.23. The van der Waals surface area contributed by atoms with E-state index in [9.17, 15) is 0 Å². The van der Waals surface area contributed by atoms with Crippen LogP contribution in [0.5, 0.6) is 0 Å². The first kappa shape index (κ1) is 12.0. The lowest BCUT2D eigenvalue weighted by Crippen LogP contribution is -2.21. The van der Waals surface area contributed by atoms with Gasteiger partial charge in [-0.05, 0) is 18.8 Å². The average Bonchev–Trinajstić information content (AvgIpc) is 2.96. The van der Waals surface area contributed by atoms with Crippen LogP contribution in [0, 0.1) is 5.92 Å². The number of methoxy groups -OCH3 is 1. The van der Waals surface area contributed by atoms with Gasteiger partial charge in [-0.2, -0.15) is 0 Å². The summed E-state index contributed by atoms with van der Waals surface area (Å²) in [5.41, 5.74) is 0. The molecule has 0 amide bonds. The average molecular weight is 240 g/mol. The topological polar surface area (TPSA) is 34.1 Å². The Bertz CT molecular complexity index is 334. The molecule has 0 saturated heterocycles. The Morgan fingerprint density at radius 2 is 2.31 bits per heavy atom. The predicted octanol–water partition coefficient (Wildman–Crippen LogP) is 2.74. The number of rotatable bonds is 6. The van der Waals surface area contributed by atoms with E-state index in [0.717, 1.165) is 11.6 Å². The minimum absolute atomic E-state index is 0.234. The molecule has 1 aromatic rings. The molecule has 0 spiro atoms. The molecule has 0 radical (unpaired) electrons. The highest BCUT2D eigenvalue weighted by atomic mass is 32.1. The summed E-state index contributed by atoms with van der Waals surface area (Å²) in [7, 11) is 1.79. The fourth-order valence-corrected chi connectivity index (χ4v) is 2.77. The number of thiazole rings is 1. The molecular weight excluding hydrogens is 220 g/mol. The zero-order valence-corrected chi connectivity index (χ0v) is 11.0. The van der Waals surface area contributed by atoms with E-state index in [1.54, 1.807) is 18.4 Å². The molecule has 1 fully saturated rings. The third kappa shape index (κ3) is 3.03. The summed E-state index contributed by atoms with van der Waals surface area (Å²) < 4.78 is 5.53. The summed E-state index contributed by atoms with van der Waals surface area (Å²) in [6, 6.07) is 0.521. The second-order valence-corrected chi connectivity index (χ2v) is 5.84. The van der Waals surface area contributed by atoms with Crippen molar-refractivity contribution < 1.29 is 4.74 Å². The molecule has 0 aromatic carbocycles. The van der Waals surface area contributed by atoms with Gasteiger partial charge in [0.15, 0.2) is 0 Å². The van der Waals surface area contributed by atoms with Gasteiger partial charge in [0.25, 0.3) is 0 Å². The Morgan fingerprint density at radius 1 is 1.56 bits per heavy atom. The van der Waals surface area contributed by atoms with Crippen molar-refractivity contribution in [2.24, 2.45) is 5.92 Å². The van der Waals surface area contributed by atoms with Crippen molar-refractivity contribution in [1.29, 1.82) is 0 Å². The fourth-order valence-electron chi connectivity index (χ4n) is 1.73. The molecule has 1 aromatic heterocycles. The normalized spacial score (nSPS) is 18.0. The maximum Gasteiger partial charge on any atom is 0.122 e. The molecule has 16 heavy (non-hydrogen) atoms. The van der Waals surface area contributed by atoms with Crippen LogP contribution in [0.25, 0.3) is 0 Å². The predicted molar refractivity (Wildman–Crippen MR) is 66.6 cm³/mol. The molecule has 1 unspecified atom stereocenters. The molecule has 1 atom stereocenters. The largest absolute Gasteiger partial charge is 0.374 e. The fraction of sp³-hybridized carbons (Fsp3) is 0.750. The number of nitrogens with one attached hydrogen (secondary N) is 1. The third-order valence-corrected chi connectivity index (χ3v) is 3.86. The van der Waals surface area contributed by atoms with Gasteiger partial charge in [0.05, 0.1) is 0 Å². The van der Waals surface area contributed by atoms with Crippen molar-refractivity contribution in [2.75, 3.05) is 7.11 Å². The molecule has 0 aliphatic heterocycles. The highest BCUT2D eigenvalue weighted by Crippen LogP contribution is 2.43. The van der Waals surface area contributed by atoms with Crippen molar-refractivity contribution in [3.05, 3.63) is 16.1 Å². The molecule has 1 N–H and O–H groups in total. The SMILES string of the molecule is COC(c1ncc(CNC(C)C)s1)C1CC1. The third-order valence-electron chi connectivity index (χ3n) is 2.80. The van der Waals surface area contributed by atoms with Crippen molar-refractivity contribution in [1.82, 2.24) is 10.3 Å². The van der Waals surface area contributed by atoms with Crippen LogP contribution in [0.2, 0.25) is 0 Å². The Labute approximate surface area is 101 Å². The molecule has 90 valence electrons. The van der Waals surface area contributed by atoms with Gasteiger partial charge in [-0.25, -0.2) is 4.98 Å². The van der Waals surface area contributed by atoms with E-state index in [-0.39, 0.29) is 6.10 Å². The lowest BCUT2D eigenvalue weighted by molar-refractivity contribution is 0.0844. The maximum absolute atomic E-state index is 5.53. The number of nitrogens with zero attached hydrogens (tertiary/aromatic N) is 1. The minimum atomic E-state index is 0.234. The van der Waals surface area contributed by atoms with Crippen molar-refractivity contribution in [2.45, 2.75) is 45.4 Å². The number of hydrogen-bond donors (Lipinski definition) is 1. The quantitative estimate of drug-likeness (QED) is 0.830. The van der Waals surface area contributed by atoms with Crippen LogP contribution in [0.3, 0.4) is 0 Å². The van der Waals surface area contributed by atoms with Crippen LogP contribution in [0.1, 0.15) is 42.7 Å². The molecular formula is C12H20N2OS. The van der Waals surface area contributed by atoms with Crippen molar-refractivity contribution in [3.8, 4) is 0 Å². The molecule has 1 aliphatic carbocycles. The number of aromatic nitrogens is 1. The van der Waals surface area contributed by atoms with Gasteiger partial charge in [-0.1, -0.05) is 13.8 Å². The van der Waals surface area contributed by atoms with E-state index >= 15 is 0 Å². The zero-order valence-electron chi connectivity index (χ0n) is 10.2. The first-order valence-corrected chi connectivity index (χ1v) is 6.73. The van der Waals surface area contributed by atoms with Crippen LogP contribution in [0.4, 0.5) is 0 Å². The second kappa shape index (κ2) is 5.25. The lowest BCUT2D eigenvalue weighted by atomic mass is 10.2. The standard InChI is InChI=1S/C12H20N2OS/c1-8(2)13-6-10-7-14-12(16-10)11(15-3)9-4-5-9/h7-9,11,13H,4-6H2,1-3H3. The van der Waals surface area contributed by atoms with E-state index in [1.165, 1.54) is 17.7 Å². The van der Waals surface area contributed by atoms with Crippen LogP contribution < -0.4 is 5.32 Å². The first-order chi connectivity index (χ1) is 7.70. The molecule has 1 heterocycles. The van der Waals surface area contributed by atoms with Crippen LogP contribution in [-0.2, 0) is 11.3 Å².